The van der Waals surface area contributed by atoms with Gasteiger partial charge in [0.05, 0.1) is 17.9 Å². The molecule has 2 aromatic carbocycles. The first-order valence-electron chi connectivity index (χ1n) is 17.5. The largest absolute Gasteiger partial charge is 0.457 e. The van der Waals surface area contributed by atoms with Crippen molar-refractivity contribution in [1.29, 1.82) is 0 Å². The van der Waals surface area contributed by atoms with Crippen molar-refractivity contribution >= 4 is 23.4 Å². The molecule has 0 radical (unpaired) electrons. The molecule has 10 heteroatoms. The number of carbonyl (C=O) groups is 3. The van der Waals surface area contributed by atoms with Crippen molar-refractivity contribution < 1.29 is 23.9 Å². The van der Waals surface area contributed by atoms with Gasteiger partial charge in [0.2, 0.25) is 17.7 Å². The zero-order valence-electron chi connectivity index (χ0n) is 27.3. The maximum Gasteiger partial charge on any atom is 0.246 e. The first-order valence-corrected chi connectivity index (χ1v) is 17.5. The molecule has 10 nitrogen and oxygen atoms in total. The third-order valence-electron chi connectivity index (χ3n) is 10.8. The number of likely N-dealkylation sites (N-methyl/N-ethyl adjacent to an activating group) is 1. The summed E-state index contributed by atoms with van der Waals surface area (Å²) in [5.41, 5.74) is -0.545. The molecule has 47 heavy (non-hydrogen) atoms. The molecule has 1 saturated carbocycles. The normalized spacial score (nSPS) is 29.2. The predicted molar refractivity (Wildman–Crippen MR) is 179 cm³/mol. The van der Waals surface area contributed by atoms with Crippen LogP contribution >= 0.6 is 0 Å². The average Bonchev–Trinajstić information content (AvgIpc) is 3.74. The van der Waals surface area contributed by atoms with E-state index in [0.717, 1.165) is 77.1 Å². The van der Waals surface area contributed by atoms with E-state index in [1.807, 2.05) is 42.5 Å². The lowest BCUT2D eigenvalue weighted by molar-refractivity contribution is -0.141. The fourth-order valence-electron chi connectivity index (χ4n) is 8.29. The molecule has 5 atom stereocenters. The molecule has 2 aromatic rings. The van der Waals surface area contributed by atoms with Crippen molar-refractivity contribution in [2.24, 2.45) is 11.8 Å². The molecule has 2 N–H and O–H groups in total. The van der Waals surface area contributed by atoms with Gasteiger partial charge in [-0.1, -0.05) is 56.5 Å². The minimum absolute atomic E-state index is 0.106. The second-order valence-corrected chi connectivity index (χ2v) is 13.6. The topological polar surface area (TPSA) is 103 Å². The predicted octanol–water partition coefficient (Wildman–Crippen LogP) is 4.04. The van der Waals surface area contributed by atoms with Crippen LogP contribution in [0.3, 0.4) is 0 Å². The molecule has 250 valence electrons. The second-order valence-electron chi connectivity index (χ2n) is 13.6. The van der Waals surface area contributed by atoms with Crippen molar-refractivity contribution in [3.8, 4) is 11.5 Å². The van der Waals surface area contributed by atoms with Crippen LogP contribution in [-0.4, -0.2) is 102 Å². The molecule has 5 aliphatic rings. The van der Waals surface area contributed by atoms with Gasteiger partial charge in [0.25, 0.3) is 0 Å². The van der Waals surface area contributed by atoms with Crippen LogP contribution in [0.4, 0.5) is 5.69 Å². The van der Waals surface area contributed by atoms with Gasteiger partial charge in [-0.25, -0.2) is 0 Å². The van der Waals surface area contributed by atoms with E-state index in [-0.39, 0.29) is 23.8 Å². The molecule has 3 amide bonds. The number of rotatable bonds is 11. The maximum absolute atomic E-state index is 14.3. The lowest BCUT2D eigenvalue weighted by atomic mass is 9.74. The summed E-state index contributed by atoms with van der Waals surface area (Å²) in [6, 6.07) is 16.0. The number of piperazine rings is 1. The van der Waals surface area contributed by atoms with Gasteiger partial charge in [0, 0.05) is 44.5 Å². The molecule has 1 spiro atoms. The van der Waals surface area contributed by atoms with Crippen molar-refractivity contribution in [2.45, 2.75) is 69.2 Å². The van der Waals surface area contributed by atoms with Gasteiger partial charge in [0.1, 0.15) is 23.1 Å². The fraction of sp³-hybridized carbons (Fsp3) is 0.541. The summed E-state index contributed by atoms with van der Waals surface area (Å²) < 4.78 is 12.4. The Balaban J connectivity index is 1.06. The molecule has 4 fully saturated rings. The highest BCUT2D eigenvalue weighted by Crippen LogP contribution is 2.55. The van der Waals surface area contributed by atoms with Crippen LogP contribution in [0.1, 0.15) is 45.4 Å². The van der Waals surface area contributed by atoms with Crippen LogP contribution in [0.5, 0.6) is 11.5 Å². The molecule has 4 aliphatic heterocycles. The van der Waals surface area contributed by atoms with Crippen molar-refractivity contribution in [3.05, 3.63) is 66.7 Å². The van der Waals surface area contributed by atoms with E-state index in [9.17, 15) is 14.4 Å². The zero-order valence-corrected chi connectivity index (χ0v) is 27.3. The number of ether oxygens (including phenoxy) is 2. The molecule has 3 saturated heterocycles. The monoisotopic (exact) mass is 641 g/mol. The van der Waals surface area contributed by atoms with E-state index < -0.39 is 29.6 Å². The molecule has 0 unspecified atom stereocenters. The third kappa shape index (κ3) is 6.43. The van der Waals surface area contributed by atoms with E-state index >= 15 is 0 Å². The van der Waals surface area contributed by atoms with Crippen LogP contribution in [0.15, 0.2) is 66.7 Å². The number of benzene rings is 2. The van der Waals surface area contributed by atoms with Crippen molar-refractivity contribution in [2.75, 3.05) is 51.1 Å². The number of hydrogen-bond acceptors (Lipinski definition) is 7. The number of carbonyl (C=O) groups excluding carboxylic acids is 3. The first kappa shape index (κ1) is 31.8. The number of likely N-dealkylation sites (tertiary alicyclic amines) is 1. The third-order valence-corrected chi connectivity index (χ3v) is 10.8. The number of nitrogens with zero attached hydrogens (tertiary/aromatic N) is 3. The van der Waals surface area contributed by atoms with Gasteiger partial charge in [-0.2, -0.15) is 0 Å². The zero-order chi connectivity index (χ0) is 32.4. The Morgan fingerprint density at radius 3 is 2.32 bits per heavy atom. The van der Waals surface area contributed by atoms with Crippen molar-refractivity contribution in [1.82, 2.24) is 20.0 Å². The number of fused-ring (bicyclic) bond motifs is 1. The Morgan fingerprint density at radius 1 is 0.894 bits per heavy atom. The maximum atomic E-state index is 14.3. The summed E-state index contributed by atoms with van der Waals surface area (Å²) in [5.74, 6) is -0.713. The highest BCUT2D eigenvalue weighted by Gasteiger charge is 2.72. The minimum atomic E-state index is -1.15. The number of nitrogens with one attached hydrogen (secondary N) is 2. The van der Waals surface area contributed by atoms with Crippen LogP contribution in [0, 0.1) is 11.8 Å². The van der Waals surface area contributed by atoms with Gasteiger partial charge >= 0.3 is 0 Å². The minimum Gasteiger partial charge on any atom is -0.457 e. The van der Waals surface area contributed by atoms with Gasteiger partial charge in [-0.3, -0.25) is 14.4 Å². The Bertz CT molecular complexity index is 1450. The highest BCUT2D eigenvalue weighted by molar-refractivity contribution is 6.02. The average molecular weight is 642 g/mol. The summed E-state index contributed by atoms with van der Waals surface area (Å²) in [6.07, 6.45) is 9.25. The first-order chi connectivity index (χ1) is 22.9. The van der Waals surface area contributed by atoms with Gasteiger partial charge in [-0.05, 0) is 68.8 Å². The smallest absolute Gasteiger partial charge is 0.246 e. The SMILES string of the molecule is CCN1CCN(CCCN2C(=O)[C@@H]3[C@H](C(=O)Nc4ccc(Oc5ccccc5)cc4)[C@@H]4C=C[C@@]3(O4)[C@H]2C(=O)NC2CCCCC2)CC1. The Labute approximate surface area is 277 Å². The molecule has 0 aromatic heterocycles. The number of anilines is 1. The van der Waals surface area contributed by atoms with Gasteiger partial charge in [-0.15, -0.1) is 0 Å². The molecule has 7 rings (SSSR count). The summed E-state index contributed by atoms with van der Waals surface area (Å²) >= 11 is 0. The Hall–Kier alpha value is -3.73. The van der Waals surface area contributed by atoms with Gasteiger partial charge in [0.15, 0.2) is 0 Å². The number of hydrogen-bond donors (Lipinski definition) is 2. The molecule has 2 bridgehead atoms. The van der Waals surface area contributed by atoms with E-state index in [4.69, 9.17) is 9.47 Å². The van der Waals surface area contributed by atoms with Gasteiger partial charge < -0.3 is 34.8 Å². The highest BCUT2D eigenvalue weighted by atomic mass is 16.5. The summed E-state index contributed by atoms with van der Waals surface area (Å²) in [6.45, 7) is 8.69. The molecular weight excluding hydrogens is 594 g/mol. The van der Waals surface area contributed by atoms with E-state index in [1.54, 1.807) is 29.2 Å². The van der Waals surface area contributed by atoms with Crippen LogP contribution < -0.4 is 15.4 Å². The van der Waals surface area contributed by atoms with Crippen LogP contribution in [0.2, 0.25) is 0 Å². The summed E-state index contributed by atoms with van der Waals surface area (Å²) in [5, 5.41) is 6.30. The Kier molecular flexibility index (Phi) is 9.34. The molecule has 4 heterocycles. The summed E-state index contributed by atoms with van der Waals surface area (Å²) in [7, 11) is 0. The lowest BCUT2D eigenvalue weighted by Gasteiger charge is -2.36. The fourth-order valence-corrected chi connectivity index (χ4v) is 8.29. The van der Waals surface area contributed by atoms with E-state index in [2.05, 4.69) is 27.4 Å². The van der Waals surface area contributed by atoms with E-state index in [0.29, 0.717) is 18.0 Å². The number of para-hydroxylation sites is 1. The van der Waals surface area contributed by atoms with Crippen LogP contribution in [-0.2, 0) is 19.1 Å². The lowest BCUT2D eigenvalue weighted by Crippen LogP contribution is -2.56. The van der Waals surface area contributed by atoms with E-state index in [1.165, 1.54) is 6.42 Å². The Morgan fingerprint density at radius 2 is 1.60 bits per heavy atom. The van der Waals surface area contributed by atoms with Crippen LogP contribution in [0.25, 0.3) is 0 Å². The van der Waals surface area contributed by atoms with Crippen molar-refractivity contribution in [3.63, 3.8) is 0 Å². The summed E-state index contributed by atoms with van der Waals surface area (Å²) in [4.78, 5) is 49.0. The number of amides is 3. The quantitative estimate of drug-likeness (QED) is 0.357. The second kappa shape index (κ2) is 13.8. The molecule has 1 aliphatic carbocycles. The standard InChI is InChI=1S/C37H47N5O5/c1-2-40-22-24-41(25-23-40)20-9-21-42-33(35(44)39-26-10-5-3-6-11-26)37-19-18-30(47-37)31(32(37)36(42)45)34(43)38-27-14-16-29(17-15-27)46-28-12-7-4-8-13-28/h4,7-8,12-19,26,30-33H,2-3,5-6,9-11,20-25H2,1H3,(H,38,43)(H,39,44)/t30-,31+,32-,33+,37-/m0/s1. The molecular formula is C37H47N5O5.